The lowest BCUT2D eigenvalue weighted by Gasteiger charge is -2.11. The minimum Gasteiger partial charge on any atom is -0.198 e. The predicted molar refractivity (Wildman–Crippen MR) is 92.1 cm³/mol. The van der Waals surface area contributed by atoms with Gasteiger partial charge in [-0.05, 0) is 60.4 Å². The number of rotatable bonds is 1. The van der Waals surface area contributed by atoms with Crippen molar-refractivity contribution in [2.24, 2.45) is 7.05 Å². The molecule has 110 valence electrons. The summed E-state index contributed by atoms with van der Waals surface area (Å²) in [7, 11) is 2.18. The number of nitrogens with zero attached hydrogens (tertiary/aromatic N) is 1. The molecule has 4 rings (SSSR count). The maximum absolute atomic E-state index is 2.44. The number of aromatic nitrogens is 1. The Morgan fingerprint density at radius 2 is 1.64 bits per heavy atom. The lowest BCUT2D eigenvalue weighted by atomic mass is 9.96. The highest BCUT2D eigenvalue weighted by Crippen LogP contribution is 2.33. The molecule has 3 aromatic rings. The molecule has 0 fully saturated rings. The molecule has 0 unspecified atom stereocenters. The first-order chi connectivity index (χ1) is 10.6. The summed E-state index contributed by atoms with van der Waals surface area (Å²) in [6.07, 6.45) is 3.78. The number of pyridine rings is 1. The van der Waals surface area contributed by atoms with Crippen molar-refractivity contribution in [3.05, 3.63) is 64.8 Å². The van der Waals surface area contributed by atoms with Crippen LogP contribution in [-0.2, 0) is 19.9 Å². The SMILES string of the molecule is Cc1ccccc1-c1c2cc3c(cc2cc(C)[n+]1C)CCC3. The minimum atomic E-state index is 1.23. The number of hydrogen-bond donors (Lipinski definition) is 0. The molecule has 0 radical (unpaired) electrons. The van der Waals surface area contributed by atoms with Gasteiger partial charge in [-0.1, -0.05) is 24.3 Å². The molecule has 0 N–H and O–H groups in total. The van der Waals surface area contributed by atoms with Gasteiger partial charge in [0.1, 0.15) is 7.05 Å². The van der Waals surface area contributed by atoms with Gasteiger partial charge in [-0.25, -0.2) is 0 Å². The molecule has 1 aliphatic rings. The summed E-state index contributed by atoms with van der Waals surface area (Å²) >= 11 is 0. The molecule has 0 atom stereocenters. The standard InChI is InChI=1S/C21H22N/c1-14-7-4-5-10-19(14)21-20-13-17-9-6-8-16(17)12-18(20)11-15(2)22(21)3/h4-5,7,10-13H,6,8-9H2,1-3H3/q+1. The molecule has 0 bridgehead atoms. The molecular weight excluding hydrogens is 266 g/mol. The van der Waals surface area contributed by atoms with Crippen LogP contribution in [0.1, 0.15) is 28.8 Å². The molecular formula is C21H22N+. The monoisotopic (exact) mass is 288 g/mol. The van der Waals surface area contributed by atoms with Crippen LogP contribution in [-0.4, -0.2) is 0 Å². The van der Waals surface area contributed by atoms with Crippen LogP contribution in [0, 0.1) is 13.8 Å². The minimum absolute atomic E-state index is 1.23. The fraction of sp³-hybridized carbons (Fsp3) is 0.286. The zero-order valence-electron chi connectivity index (χ0n) is 13.6. The molecule has 0 saturated carbocycles. The first-order valence-electron chi connectivity index (χ1n) is 8.16. The Hall–Kier alpha value is -2.15. The van der Waals surface area contributed by atoms with Gasteiger partial charge in [-0.3, -0.25) is 0 Å². The summed E-state index contributed by atoms with van der Waals surface area (Å²) in [5.41, 5.74) is 8.44. The largest absolute Gasteiger partial charge is 0.220 e. The summed E-state index contributed by atoms with van der Waals surface area (Å²) in [5, 5.41) is 2.78. The summed E-state index contributed by atoms with van der Waals surface area (Å²) in [6.45, 7) is 4.41. The maximum Gasteiger partial charge on any atom is 0.220 e. The van der Waals surface area contributed by atoms with Crippen molar-refractivity contribution < 1.29 is 4.57 Å². The molecule has 1 heteroatoms. The van der Waals surface area contributed by atoms with Crippen molar-refractivity contribution in [2.45, 2.75) is 33.1 Å². The molecule has 1 heterocycles. The van der Waals surface area contributed by atoms with Gasteiger partial charge in [-0.2, -0.15) is 4.57 Å². The summed E-state index contributed by atoms with van der Waals surface area (Å²) < 4.78 is 2.34. The lowest BCUT2D eigenvalue weighted by molar-refractivity contribution is -0.665. The Labute approximate surface area is 132 Å². The van der Waals surface area contributed by atoms with E-state index in [1.165, 1.54) is 52.5 Å². The van der Waals surface area contributed by atoms with Crippen LogP contribution in [0.4, 0.5) is 0 Å². The number of benzene rings is 2. The van der Waals surface area contributed by atoms with Crippen LogP contribution in [0.2, 0.25) is 0 Å². The smallest absolute Gasteiger partial charge is 0.198 e. The number of hydrogen-bond acceptors (Lipinski definition) is 0. The molecule has 22 heavy (non-hydrogen) atoms. The second kappa shape index (κ2) is 4.95. The number of aryl methyl sites for hydroxylation is 4. The highest BCUT2D eigenvalue weighted by atomic mass is 14.9. The summed E-state index contributed by atoms with van der Waals surface area (Å²) in [5.74, 6) is 0. The van der Waals surface area contributed by atoms with Gasteiger partial charge in [0, 0.05) is 18.6 Å². The van der Waals surface area contributed by atoms with Crippen molar-refractivity contribution in [2.75, 3.05) is 0 Å². The first kappa shape index (κ1) is 13.5. The molecule has 0 spiro atoms. The van der Waals surface area contributed by atoms with Crippen molar-refractivity contribution in [1.29, 1.82) is 0 Å². The normalized spacial score (nSPS) is 13.6. The van der Waals surface area contributed by atoms with Gasteiger partial charge in [0.05, 0.1) is 5.39 Å². The summed E-state index contributed by atoms with van der Waals surface area (Å²) in [4.78, 5) is 0. The van der Waals surface area contributed by atoms with E-state index in [2.05, 4.69) is 67.9 Å². The van der Waals surface area contributed by atoms with Crippen LogP contribution in [0.3, 0.4) is 0 Å². The Balaban J connectivity index is 2.12. The summed E-state index contributed by atoms with van der Waals surface area (Å²) in [6, 6.07) is 15.9. The zero-order chi connectivity index (χ0) is 15.3. The van der Waals surface area contributed by atoms with Crippen LogP contribution < -0.4 is 4.57 Å². The Morgan fingerprint density at radius 3 is 2.41 bits per heavy atom. The van der Waals surface area contributed by atoms with E-state index in [4.69, 9.17) is 0 Å². The fourth-order valence-corrected chi connectivity index (χ4v) is 3.81. The van der Waals surface area contributed by atoms with E-state index >= 15 is 0 Å². The topological polar surface area (TPSA) is 3.88 Å². The van der Waals surface area contributed by atoms with Crippen LogP contribution in [0.5, 0.6) is 0 Å². The van der Waals surface area contributed by atoms with E-state index < -0.39 is 0 Å². The van der Waals surface area contributed by atoms with Crippen LogP contribution in [0.15, 0.2) is 42.5 Å². The van der Waals surface area contributed by atoms with Gasteiger partial charge in [0.15, 0.2) is 5.69 Å². The maximum atomic E-state index is 2.44. The highest BCUT2D eigenvalue weighted by molar-refractivity contribution is 5.95. The Bertz CT molecular complexity index is 890. The molecule has 1 aromatic heterocycles. The zero-order valence-corrected chi connectivity index (χ0v) is 13.6. The number of fused-ring (bicyclic) bond motifs is 2. The van der Waals surface area contributed by atoms with Crippen molar-refractivity contribution in [1.82, 2.24) is 0 Å². The van der Waals surface area contributed by atoms with Gasteiger partial charge >= 0.3 is 0 Å². The lowest BCUT2D eigenvalue weighted by Crippen LogP contribution is -2.35. The third kappa shape index (κ3) is 1.96. The molecule has 0 aliphatic heterocycles. The van der Waals surface area contributed by atoms with Gasteiger partial charge < -0.3 is 0 Å². The molecule has 1 nitrogen and oxygen atoms in total. The van der Waals surface area contributed by atoms with Gasteiger partial charge in [0.2, 0.25) is 5.69 Å². The van der Waals surface area contributed by atoms with Gasteiger partial charge in [0.25, 0.3) is 0 Å². The fourth-order valence-electron chi connectivity index (χ4n) is 3.81. The molecule has 2 aromatic carbocycles. The molecule has 0 amide bonds. The molecule has 0 saturated heterocycles. The van der Waals surface area contributed by atoms with E-state index in [1.807, 2.05) is 0 Å². The van der Waals surface area contributed by atoms with Crippen molar-refractivity contribution in [3.8, 4) is 11.3 Å². The van der Waals surface area contributed by atoms with Crippen molar-refractivity contribution in [3.63, 3.8) is 0 Å². The highest BCUT2D eigenvalue weighted by Gasteiger charge is 2.21. The third-order valence-corrected chi connectivity index (χ3v) is 5.15. The second-order valence-corrected chi connectivity index (χ2v) is 6.57. The second-order valence-electron chi connectivity index (χ2n) is 6.57. The van der Waals surface area contributed by atoms with Gasteiger partial charge in [-0.15, -0.1) is 0 Å². The van der Waals surface area contributed by atoms with E-state index in [0.29, 0.717) is 0 Å². The Kier molecular flexibility index (Phi) is 3.04. The third-order valence-electron chi connectivity index (χ3n) is 5.15. The molecule has 1 aliphatic carbocycles. The van der Waals surface area contributed by atoms with E-state index in [-0.39, 0.29) is 0 Å². The van der Waals surface area contributed by atoms with Crippen LogP contribution >= 0.6 is 0 Å². The quantitative estimate of drug-likeness (QED) is 0.583. The van der Waals surface area contributed by atoms with E-state index in [9.17, 15) is 0 Å². The van der Waals surface area contributed by atoms with Crippen molar-refractivity contribution >= 4 is 10.8 Å². The predicted octanol–water partition coefficient (Wildman–Crippen LogP) is 4.44. The average Bonchev–Trinajstić information content (AvgIpc) is 2.95. The first-order valence-corrected chi connectivity index (χ1v) is 8.16. The van der Waals surface area contributed by atoms with E-state index in [0.717, 1.165) is 0 Å². The average molecular weight is 288 g/mol. The van der Waals surface area contributed by atoms with E-state index in [1.54, 1.807) is 11.1 Å². The Morgan fingerprint density at radius 1 is 0.909 bits per heavy atom. The van der Waals surface area contributed by atoms with Crippen LogP contribution in [0.25, 0.3) is 22.0 Å².